The number of hydrogen-bond acceptors (Lipinski definition) is 3. The van der Waals surface area contributed by atoms with E-state index in [4.69, 9.17) is 0 Å². The molecule has 0 aliphatic heterocycles. The second kappa shape index (κ2) is 9.15. The molecule has 0 aromatic heterocycles. The Bertz CT molecular complexity index is 603. The summed E-state index contributed by atoms with van der Waals surface area (Å²) in [6, 6.07) is 8.01. The molecule has 0 saturated heterocycles. The average Bonchev–Trinajstić information content (AvgIpc) is 2.48. The van der Waals surface area contributed by atoms with Gasteiger partial charge in [0.15, 0.2) is 15.8 Å². The molecule has 0 spiro atoms. The maximum Gasteiger partial charge on any atom is 0.193 e. The van der Waals surface area contributed by atoms with Crippen LogP contribution < -0.4 is 5.32 Å². The predicted octanol–water partition coefficient (Wildman–Crippen LogP) is 2.28. The monoisotopic (exact) mass is 389 g/mol. The number of aliphatic imine (C=N–C) groups is 1. The van der Waals surface area contributed by atoms with Gasteiger partial charge in [-0.3, -0.25) is 4.99 Å². The summed E-state index contributed by atoms with van der Waals surface area (Å²) in [5.74, 6) is 0.956. The fourth-order valence-corrected chi connectivity index (χ4v) is 2.93. The third-order valence-electron chi connectivity index (χ3n) is 3.17. The summed E-state index contributed by atoms with van der Waals surface area (Å²) in [4.78, 5) is 6.40. The third kappa shape index (κ3) is 6.36. The number of nitrogens with zero attached hydrogens (tertiary/aromatic N) is 2. The van der Waals surface area contributed by atoms with Crippen LogP contribution in [0.2, 0.25) is 0 Å². The number of halogens is 1. The van der Waals surface area contributed by atoms with Crippen LogP contribution in [-0.2, 0) is 16.4 Å². The molecule has 124 valence electrons. The highest BCUT2D eigenvalue weighted by Gasteiger charge is 2.10. The molecular weight excluding hydrogens is 366 g/mol. The Labute approximate surface area is 141 Å². The highest BCUT2D eigenvalue weighted by atomic mass is 79.9. The number of rotatable bonds is 7. The topological polar surface area (TPSA) is 61.8 Å². The average molecular weight is 390 g/mol. The van der Waals surface area contributed by atoms with Crippen LogP contribution in [0.25, 0.3) is 0 Å². The van der Waals surface area contributed by atoms with Crippen molar-refractivity contribution in [1.29, 1.82) is 0 Å². The number of nitrogens with one attached hydrogen (secondary N) is 1. The van der Waals surface area contributed by atoms with Crippen LogP contribution in [0.15, 0.2) is 33.7 Å². The number of hydrogen-bond donors (Lipinski definition) is 1. The first-order valence-electron chi connectivity index (χ1n) is 7.33. The Morgan fingerprint density at radius 2 is 2.00 bits per heavy atom. The maximum atomic E-state index is 11.5. The molecule has 0 heterocycles. The smallest absolute Gasteiger partial charge is 0.193 e. The van der Waals surface area contributed by atoms with Crippen molar-refractivity contribution in [2.75, 3.05) is 31.6 Å². The van der Waals surface area contributed by atoms with E-state index < -0.39 is 9.84 Å². The Kier molecular flexibility index (Phi) is 7.89. The lowest BCUT2D eigenvalue weighted by atomic mass is 10.2. The zero-order valence-corrected chi connectivity index (χ0v) is 15.7. The van der Waals surface area contributed by atoms with Gasteiger partial charge in [-0.15, -0.1) is 0 Å². The molecular formula is C15H24BrN3O2S. The van der Waals surface area contributed by atoms with Gasteiger partial charge in [-0.1, -0.05) is 41.1 Å². The van der Waals surface area contributed by atoms with Gasteiger partial charge in [-0.25, -0.2) is 8.42 Å². The summed E-state index contributed by atoms with van der Waals surface area (Å²) in [6.07, 6.45) is 0. The van der Waals surface area contributed by atoms with Crippen LogP contribution in [0.1, 0.15) is 19.4 Å². The molecule has 0 aliphatic carbocycles. The van der Waals surface area contributed by atoms with Gasteiger partial charge >= 0.3 is 0 Å². The van der Waals surface area contributed by atoms with Crippen molar-refractivity contribution < 1.29 is 8.42 Å². The molecule has 0 fully saturated rings. The van der Waals surface area contributed by atoms with Crippen LogP contribution in [0.4, 0.5) is 0 Å². The van der Waals surface area contributed by atoms with Gasteiger partial charge in [0.25, 0.3) is 0 Å². The molecule has 0 radical (unpaired) electrons. The van der Waals surface area contributed by atoms with Crippen molar-refractivity contribution in [1.82, 2.24) is 10.2 Å². The molecule has 5 nitrogen and oxygen atoms in total. The van der Waals surface area contributed by atoms with Gasteiger partial charge in [0.1, 0.15) is 0 Å². The molecule has 1 aromatic carbocycles. The van der Waals surface area contributed by atoms with Crippen LogP contribution in [0, 0.1) is 0 Å². The Morgan fingerprint density at radius 3 is 2.59 bits per heavy atom. The zero-order valence-electron chi connectivity index (χ0n) is 13.3. The predicted molar refractivity (Wildman–Crippen MR) is 95.9 cm³/mol. The first kappa shape index (κ1) is 19.0. The minimum atomic E-state index is -2.98. The molecule has 0 aliphatic rings. The summed E-state index contributed by atoms with van der Waals surface area (Å²) in [7, 11) is -1.04. The van der Waals surface area contributed by atoms with E-state index in [-0.39, 0.29) is 18.1 Å². The van der Waals surface area contributed by atoms with E-state index in [0.29, 0.717) is 12.5 Å². The van der Waals surface area contributed by atoms with Gasteiger partial charge in [0.2, 0.25) is 0 Å². The van der Waals surface area contributed by atoms with Gasteiger partial charge in [-0.05, 0) is 18.6 Å². The minimum absolute atomic E-state index is 0.0846. The summed E-state index contributed by atoms with van der Waals surface area (Å²) >= 11 is 3.53. The van der Waals surface area contributed by atoms with Crippen molar-refractivity contribution >= 4 is 31.7 Å². The second-order valence-electron chi connectivity index (χ2n) is 4.92. The van der Waals surface area contributed by atoms with E-state index in [9.17, 15) is 8.42 Å². The number of benzene rings is 1. The van der Waals surface area contributed by atoms with Crippen LogP contribution >= 0.6 is 15.9 Å². The first-order chi connectivity index (χ1) is 10.4. The fourth-order valence-electron chi connectivity index (χ4n) is 1.86. The molecule has 0 saturated carbocycles. The van der Waals surface area contributed by atoms with Gasteiger partial charge < -0.3 is 10.2 Å². The summed E-state index contributed by atoms with van der Waals surface area (Å²) in [5, 5.41) is 3.19. The highest BCUT2D eigenvalue weighted by Crippen LogP contribution is 2.17. The van der Waals surface area contributed by atoms with E-state index in [2.05, 4.69) is 26.2 Å². The molecule has 1 rings (SSSR count). The van der Waals surface area contributed by atoms with Crippen molar-refractivity contribution in [2.24, 2.45) is 4.99 Å². The fraction of sp³-hybridized carbons (Fsp3) is 0.533. The lowest BCUT2D eigenvalue weighted by Crippen LogP contribution is -2.38. The van der Waals surface area contributed by atoms with Crippen LogP contribution in [0.3, 0.4) is 0 Å². The summed E-state index contributed by atoms with van der Waals surface area (Å²) < 4.78 is 24.1. The quantitative estimate of drug-likeness (QED) is 0.573. The highest BCUT2D eigenvalue weighted by molar-refractivity contribution is 9.10. The molecule has 22 heavy (non-hydrogen) atoms. The third-order valence-corrected chi connectivity index (χ3v) is 5.62. The first-order valence-corrected chi connectivity index (χ1v) is 9.94. The van der Waals surface area contributed by atoms with Crippen LogP contribution in [0.5, 0.6) is 0 Å². The standard InChI is InChI=1S/C15H24BrN3O2S/c1-4-17-15(18-10-11-22(20,21)5-2)19(3)12-13-8-6-7-9-14(13)16/h6-9H,4-5,10-12H2,1-3H3,(H,17,18). The van der Waals surface area contributed by atoms with E-state index in [1.165, 1.54) is 0 Å². The number of sulfone groups is 1. The minimum Gasteiger partial charge on any atom is -0.357 e. The Hall–Kier alpha value is -1.08. The number of guanidine groups is 1. The lowest BCUT2D eigenvalue weighted by molar-refractivity contribution is 0.476. The normalized spacial score (nSPS) is 12.3. The molecule has 0 bridgehead atoms. The lowest BCUT2D eigenvalue weighted by Gasteiger charge is -2.22. The van der Waals surface area contributed by atoms with Crippen molar-refractivity contribution in [3.05, 3.63) is 34.3 Å². The van der Waals surface area contributed by atoms with Gasteiger partial charge in [0, 0.05) is 30.4 Å². The van der Waals surface area contributed by atoms with Crippen molar-refractivity contribution in [3.8, 4) is 0 Å². The van der Waals surface area contributed by atoms with E-state index in [0.717, 1.165) is 16.6 Å². The van der Waals surface area contributed by atoms with E-state index >= 15 is 0 Å². The summed E-state index contributed by atoms with van der Waals surface area (Å²) in [5.41, 5.74) is 1.15. The van der Waals surface area contributed by atoms with Crippen molar-refractivity contribution in [3.63, 3.8) is 0 Å². The molecule has 0 amide bonds. The molecule has 0 atom stereocenters. The Morgan fingerprint density at radius 1 is 1.32 bits per heavy atom. The van der Waals surface area contributed by atoms with E-state index in [1.54, 1.807) is 6.92 Å². The summed E-state index contributed by atoms with van der Waals surface area (Å²) in [6.45, 7) is 5.35. The van der Waals surface area contributed by atoms with Crippen LogP contribution in [-0.4, -0.2) is 50.9 Å². The van der Waals surface area contributed by atoms with Gasteiger partial charge in [0.05, 0.1) is 12.3 Å². The molecule has 0 unspecified atom stereocenters. The Balaban J connectivity index is 2.75. The SMILES string of the molecule is CCNC(=NCCS(=O)(=O)CC)N(C)Cc1ccccc1Br. The molecule has 1 N–H and O–H groups in total. The van der Waals surface area contributed by atoms with Crippen molar-refractivity contribution in [2.45, 2.75) is 20.4 Å². The van der Waals surface area contributed by atoms with Gasteiger partial charge in [-0.2, -0.15) is 0 Å². The zero-order chi connectivity index (χ0) is 16.6. The maximum absolute atomic E-state index is 11.5. The second-order valence-corrected chi connectivity index (χ2v) is 8.25. The molecule has 1 aromatic rings. The largest absolute Gasteiger partial charge is 0.357 e. The molecule has 7 heteroatoms. The van der Waals surface area contributed by atoms with E-state index in [1.807, 2.05) is 43.1 Å².